The third-order valence-corrected chi connectivity index (χ3v) is 4.19. The molecular weight excluding hydrogens is 324 g/mol. The second kappa shape index (κ2) is 7.87. The van der Waals surface area contributed by atoms with E-state index in [1.807, 2.05) is 48.5 Å². The third-order valence-electron chi connectivity index (χ3n) is 4.19. The summed E-state index contributed by atoms with van der Waals surface area (Å²) < 4.78 is 5.90. The highest BCUT2D eigenvalue weighted by atomic mass is 16.5. The van der Waals surface area contributed by atoms with E-state index in [0.29, 0.717) is 17.9 Å². The molecule has 0 fully saturated rings. The van der Waals surface area contributed by atoms with E-state index in [1.165, 1.54) is 11.1 Å². The van der Waals surface area contributed by atoms with Gasteiger partial charge in [0.05, 0.1) is 6.42 Å². The monoisotopic (exact) mass is 346 g/mol. The number of benzene rings is 3. The zero-order chi connectivity index (χ0) is 18.5. The minimum Gasteiger partial charge on any atom is -0.489 e. The summed E-state index contributed by atoms with van der Waals surface area (Å²) >= 11 is 0. The van der Waals surface area contributed by atoms with Crippen LogP contribution in [-0.4, -0.2) is 11.1 Å². The quantitative estimate of drug-likeness (QED) is 0.669. The Morgan fingerprint density at radius 2 is 1.58 bits per heavy atom. The largest absolute Gasteiger partial charge is 0.489 e. The minimum absolute atomic E-state index is 0.0667. The molecule has 0 aliphatic heterocycles. The van der Waals surface area contributed by atoms with Crippen molar-refractivity contribution in [2.45, 2.75) is 26.9 Å². The molecule has 132 valence electrons. The molecule has 0 bridgehead atoms. The summed E-state index contributed by atoms with van der Waals surface area (Å²) in [6, 6.07) is 22.0. The molecule has 0 amide bonds. The second-order valence-electron chi connectivity index (χ2n) is 6.54. The number of hydrogen-bond donors (Lipinski definition) is 1. The van der Waals surface area contributed by atoms with Crippen molar-refractivity contribution < 1.29 is 14.6 Å². The molecule has 0 saturated heterocycles. The SMILES string of the molecule is Cc1cc(C)cc(-c2ccc(OCc3ccccc3)c(CC(=O)O)c2)c1. The van der Waals surface area contributed by atoms with Gasteiger partial charge in [0.15, 0.2) is 0 Å². The number of ether oxygens (including phenoxy) is 1. The maximum Gasteiger partial charge on any atom is 0.307 e. The van der Waals surface area contributed by atoms with Crippen molar-refractivity contribution in [3.63, 3.8) is 0 Å². The van der Waals surface area contributed by atoms with Gasteiger partial charge in [0.1, 0.15) is 12.4 Å². The normalized spacial score (nSPS) is 10.5. The summed E-state index contributed by atoms with van der Waals surface area (Å²) in [6.07, 6.45) is -0.0667. The lowest BCUT2D eigenvalue weighted by Gasteiger charge is -2.13. The van der Waals surface area contributed by atoms with Crippen molar-refractivity contribution in [1.82, 2.24) is 0 Å². The Morgan fingerprint density at radius 1 is 0.885 bits per heavy atom. The Balaban J connectivity index is 1.91. The van der Waals surface area contributed by atoms with Crippen molar-refractivity contribution in [2.75, 3.05) is 0 Å². The van der Waals surface area contributed by atoms with Gasteiger partial charge >= 0.3 is 5.97 Å². The fourth-order valence-electron chi connectivity index (χ4n) is 3.08. The van der Waals surface area contributed by atoms with Crippen LogP contribution in [0.1, 0.15) is 22.3 Å². The first-order valence-corrected chi connectivity index (χ1v) is 8.61. The number of carboxylic acid groups (broad SMARTS) is 1. The fraction of sp³-hybridized carbons (Fsp3) is 0.174. The minimum atomic E-state index is -0.868. The topological polar surface area (TPSA) is 46.5 Å². The van der Waals surface area contributed by atoms with E-state index in [4.69, 9.17) is 4.74 Å². The van der Waals surface area contributed by atoms with Gasteiger partial charge in [-0.3, -0.25) is 4.79 Å². The summed E-state index contributed by atoms with van der Waals surface area (Å²) in [5.41, 5.74) is 6.19. The number of rotatable bonds is 6. The molecular formula is C23H22O3. The van der Waals surface area contributed by atoms with Crippen molar-refractivity contribution >= 4 is 5.97 Å². The maximum absolute atomic E-state index is 11.3. The molecule has 1 N–H and O–H groups in total. The molecule has 0 aliphatic carbocycles. The standard InChI is InChI=1S/C23H22O3/c1-16-10-17(2)12-20(11-16)19-8-9-22(21(13-19)14-23(24)25)26-15-18-6-4-3-5-7-18/h3-13H,14-15H2,1-2H3,(H,24,25). The predicted octanol–water partition coefficient (Wildman–Crippen LogP) is 5.18. The number of aryl methyl sites for hydroxylation is 2. The number of carbonyl (C=O) groups is 1. The summed E-state index contributed by atoms with van der Waals surface area (Å²) in [4.78, 5) is 11.3. The zero-order valence-corrected chi connectivity index (χ0v) is 15.0. The smallest absolute Gasteiger partial charge is 0.307 e. The van der Waals surface area contributed by atoms with E-state index in [0.717, 1.165) is 16.7 Å². The molecule has 0 heterocycles. The second-order valence-corrected chi connectivity index (χ2v) is 6.54. The fourth-order valence-corrected chi connectivity index (χ4v) is 3.08. The number of carboxylic acids is 1. The molecule has 26 heavy (non-hydrogen) atoms. The first kappa shape index (κ1) is 17.7. The van der Waals surface area contributed by atoms with Crippen LogP contribution in [0.3, 0.4) is 0 Å². The molecule has 0 saturated carbocycles. The highest BCUT2D eigenvalue weighted by Crippen LogP contribution is 2.29. The Hall–Kier alpha value is -3.07. The lowest BCUT2D eigenvalue weighted by atomic mass is 9.98. The van der Waals surface area contributed by atoms with E-state index in [-0.39, 0.29) is 6.42 Å². The van der Waals surface area contributed by atoms with Gasteiger partial charge in [-0.15, -0.1) is 0 Å². The van der Waals surface area contributed by atoms with Gasteiger partial charge in [-0.05, 0) is 42.7 Å². The van der Waals surface area contributed by atoms with Crippen LogP contribution in [0.2, 0.25) is 0 Å². The van der Waals surface area contributed by atoms with Crippen LogP contribution in [0.4, 0.5) is 0 Å². The Kier molecular flexibility index (Phi) is 5.37. The molecule has 3 rings (SSSR count). The van der Waals surface area contributed by atoms with Crippen LogP contribution < -0.4 is 4.74 Å². The molecule has 0 aliphatic rings. The maximum atomic E-state index is 11.3. The van der Waals surface area contributed by atoms with Crippen LogP contribution in [0.5, 0.6) is 5.75 Å². The number of hydrogen-bond acceptors (Lipinski definition) is 2. The van der Waals surface area contributed by atoms with Gasteiger partial charge in [-0.1, -0.05) is 65.7 Å². The van der Waals surface area contributed by atoms with Crippen molar-refractivity contribution in [3.8, 4) is 16.9 Å². The number of aliphatic carboxylic acids is 1. The van der Waals surface area contributed by atoms with Crippen LogP contribution in [0.15, 0.2) is 66.7 Å². The van der Waals surface area contributed by atoms with Gasteiger partial charge in [0.25, 0.3) is 0 Å². The van der Waals surface area contributed by atoms with Gasteiger partial charge in [-0.25, -0.2) is 0 Å². The molecule has 0 radical (unpaired) electrons. The van der Waals surface area contributed by atoms with Gasteiger partial charge < -0.3 is 9.84 Å². The molecule has 0 spiro atoms. The van der Waals surface area contributed by atoms with Crippen LogP contribution in [-0.2, 0) is 17.8 Å². The molecule has 0 aromatic heterocycles. The average molecular weight is 346 g/mol. The Bertz CT molecular complexity index is 894. The molecule has 0 unspecified atom stereocenters. The van der Waals surface area contributed by atoms with E-state index in [9.17, 15) is 9.90 Å². The van der Waals surface area contributed by atoms with Gasteiger partial charge in [0.2, 0.25) is 0 Å². The molecule has 3 aromatic rings. The first-order valence-electron chi connectivity index (χ1n) is 8.61. The lowest BCUT2D eigenvalue weighted by molar-refractivity contribution is -0.136. The highest BCUT2D eigenvalue weighted by molar-refractivity contribution is 5.74. The van der Waals surface area contributed by atoms with Crippen LogP contribution in [0.25, 0.3) is 11.1 Å². The summed E-state index contributed by atoms with van der Waals surface area (Å²) in [5, 5.41) is 9.27. The molecule has 0 atom stereocenters. The summed E-state index contributed by atoms with van der Waals surface area (Å²) in [6.45, 7) is 4.54. The van der Waals surface area contributed by atoms with Crippen molar-refractivity contribution in [2.24, 2.45) is 0 Å². The van der Waals surface area contributed by atoms with Gasteiger partial charge in [-0.2, -0.15) is 0 Å². The van der Waals surface area contributed by atoms with Crippen LogP contribution in [0, 0.1) is 13.8 Å². The molecule has 3 aromatic carbocycles. The average Bonchev–Trinajstić information content (AvgIpc) is 2.60. The molecule has 3 nitrogen and oxygen atoms in total. The Labute approximate surface area is 153 Å². The van der Waals surface area contributed by atoms with Crippen molar-refractivity contribution in [3.05, 3.63) is 89.0 Å². The van der Waals surface area contributed by atoms with E-state index >= 15 is 0 Å². The summed E-state index contributed by atoms with van der Waals surface area (Å²) in [5.74, 6) is -0.253. The first-order chi connectivity index (χ1) is 12.5. The van der Waals surface area contributed by atoms with E-state index in [2.05, 4.69) is 32.0 Å². The third kappa shape index (κ3) is 4.51. The Morgan fingerprint density at radius 3 is 2.23 bits per heavy atom. The van der Waals surface area contributed by atoms with E-state index < -0.39 is 5.97 Å². The van der Waals surface area contributed by atoms with Crippen LogP contribution >= 0.6 is 0 Å². The molecule has 3 heteroatoms. The van der Waals surface area contributed by atoms with Gasteiger partial charge in [0, 0.05) is 5.56 Å². The van der Waals surface area contributed by atoms with Crippen molar-refractivity contribution in [1.29, 1.82) is 0 Å². The van der Waals surface area contributed by atoms with E-state index in [1.54, 1.807) is 0 Å². The highest BCUT2D eigenvalue weighted by Gasteiger charge is 2.11. The lowest BCUT2D eigenvalue weighted by Crippen LogP contribution is -2.04. The zero-order valence-electron chi connectivity index (χ0n) is 15.0. The predicted molar refractivity (Wildman–Crippen MR) is 103 cm³/mol. The summed E-state index contributed by atoms with van der Waals surface area (Å²) in [7, 11) is 0.